The number of nitrogens with zero attached hydrogens (tertiary/aromatic N) is 2. The summed E-state index contributed by atoms with van der Waals surface area (Å²) >= 11 is 0. The predicted octanol–water partition coefficient (Wildman–Crippen LogP) is 2.17. The molecule has 3 rings (SSSR count). The van der Waals surface area contributed by atoms with Crippen molar-refractivity contribution in [3.63, 3.8) is 0 Å². The maximum Gasteiger partial charge on any atom is 0.254 e. The van der Waals surface area contributed by atoms with Crippen LogP contribution in [-0.4, -0.2) is 54.9 Å². The molecule has 2 amide bonds. The molecule has 0 saturated carbocycles. The first-order valence-electron chi connectivity index (χ1n) is 8.22. The van der Waals surface area contributed by atoms with Crippen LogP contribution in [0, 0.1) is 5.41 Å². The van der Waals surface area contributed by atoms with Crippen molar-refractivity contribution in [2.45, 2.75) is 26.2 Å². The van der Waals surface area contributed by atoms with Crippen LogP contribution in [0.1, 0.15) is 36.5 Å². The maximum absolute atomic E-state index is 12.7. The summed E-state index contributed by atoms with van der Waals surface area (Å²) in [5, 5.41) is 0. The zero-order chi connectivity index (χ0) is 16.4. The van der Waals surface area contributed by atoms with Crippen molar-refractivity contribution < 1.29 is 14.3 Å². The molecule has 2 aliphatic heterocycles. The minimum Gasteiger partial charge on any atom is -0.497 e. The number of benzene rings is 1. The third kappa shape index (κ3) is 3.19. The van der Waals surface area contributed by atoms with Gasteiger partial charge in [-0.2, -0.15) is 0 Å². The van der Waals surface area contributed by atoms with Crippen molar-refractivity contribution in [1.82, 2.24) is 9.80 Å². The van der Waals surface area contributed by atoms with Gasteiger partial charge in [-0.15, -0.1) is 0 Å². The Hall–Kier alpha value is -2.04. The van der Waals surface area contributed by atoms with Gasteiger partial charge in [0, 0.05) is 44.1 Å². The zero-order valence-corrected chi connectivity index (χ0v) is 13.9. The lowest BCUT2D eigenvalue weighted by atomic mass is 9.79. The molecule has 1 atom stereocenters. The Balaban J connectivity index is 1.71. The number of rotatable bonds is 2. The summed E-state index contributed by atoms with van der Waals surface area (Å²) in [6, 6.07) is 7.30. The van der Waals surface area contributed by atoms with E-state index in [9.17, 15) is 9.59 Å². The second kappa shape index (κ2) is 6.22. The average Bonchev–Trinajstić information content (AvgIpc) is 2.97. The largest absolute Gasteiger partial charge is 0.497 e. The molecule has 0 bridgehead atoms. The summed E-state index contributed by atoms with van der Waals surface area (Å²) in [5.74, 6) is 0.896. The summed E-state index contributed by atoms with van der Waals surface area (Å²) in [4.78, 5) is 28.3. The van der Waals surface area contributed by atoms with E-state index in [0.717, 1.165) is 45.4 Å². The molecular weight excluding hydrogens is 292 g/mol. The Kier molecular flexibility index (Phi) is 4.28. The Morgan fingerprint density at radius 2 is 1.91 bits per heavy atom. The normalized spacial score (nSPS) is 24.1. The molecule has 124 valence electrons. The van der Waals surface area contributed by atoms with Gasteiger partial charge in [0.05, 0.1) is 7.11 Å². The van der Waals surface area contributed by atoms with Gasteiger partial charge < -0.3 is 14.5 Å². The second-order valence-corrected chi connectivity index (χ2v) is 6.75. The SMILES string of the molecule is COc1cccc(C(=O)N2CCC3(CCCN(C(C)=O)C3)C2)c1. The first-order valence-corrected chi connectivity index (χ1v) is 8.22. The zero-order valence-electron chi connectivity index (χ0n) is 13.9. The Labute approximate surface area is 137 Å². The van der Waals surface area contributed by atoms with Crippen molar-refractivity contribution in [2.24, 2.45) is 5.41 Å². The van der Waals surface area contributed by atoms with Crippen LogP contribution in [0.3, 0.4) is 0 Å². The number of ether oxygens (including phenoxy) is 1. The van der Waals surface area contributed by atoms with Crippen LogP contribution < -0.4 is 4.74 Å². The highest BCUT2D eigenvalue weighted by Crippen LogP contribution is 2.39. The molecule has 1 spiro atoms. The summed E-state index contributed by atoms with van der Waals surface area (Å²) in [7, 11) is 1.60. The molecule has 0 aromatic heterocycles. The van der Waals surface area contributed by atoms with Crippen LogP contribution in [0.2, 0.25) is 0 Å². The molecule has 2 saturated heterocycles. The summed E-state index contributed by atoms with van der Waals surface area (Å²) in [6.45, 7) is 4.77. The number of hydrogen-bond donors (Lipinski definition) is 0. The number of hydrogen-bond acceptors (Lipinski definition) is 3. The molecule has 1 unspecified atom stereocenters. The van der Waals surface area contributed by atoms with E-state index in [0.29, 0.717) is 11.3 Å². The van der Waals surface area contributed by atoms with Crippen LogP contribution in [0.4, 0.5) is 0 Å². The highest BCUT2D eigenvalue weighted by molar-refractivity contribution is 5.94. The maximum atomic E-state index is 12.7. The van der Waals surface area contributed by atoms with Crippen LogP contribution in [0.25, 0.3) is 0 Å². The fourth-order valence-electron chi connectivity index (χ4n) is 3.86. The number of likely N-dealkylation sites (tertiary alicyclic amines) is 2. The molecule has 2 aliphatic rings. The Morgan fingerprint density at radius 1 is 1.13 bits per heavy atom. The number of carbonyl (C=O) groups excluding carboxylic acids is 2. The van der Waals surface area contributed by atoms with Crippen molar-refractivity contribution in [3.8, 4) is 5.75 Å². The van der Waals surface area contributed by atoms with Crippen molar-refractivity contribution in [1.29, 1.82) is 0 Å². The monoisotopic (exact) mass is 316 g/mol. The molecule has 1 aromatic rings. The van der Waals surface area contributed by atoms with Crippen LogP contribution in [0.15, 0.2) is 24.3 Å². The molecule has 2 heterocycles. The molecule has 5 nitrogen and oxygen atoms in total. The number of piperidine rings is 1. The van der Waals surface area contributed by atoms with E-state index in [1.54, 1.807) is 20.1 Å². The van der Waals surface area contributed by atoms with Gasteiger partial charge in [0.1, 0.15) is 5.75 Å². The van der Waals surface area contributed by atoms with Gasteiger partial charge in [0.25, 0.3) is 5.91 Å². The minimum atomic E-state index is 0.0562. The van der Waals surface area contributed by atoms with Crippen molar-refractivity contribution in [3.05, 3.63) is 29.8 Å². The lowest BCUT2D eigenvalue weighted by Crippen LogP contribution is -2.47. The molecule has 0 aliphatic carbocycles. The van der Waals surface area contributed by atoms with E-state index in [4.69, 9.17) is 4.74 Å². The number of amides is 2. The van der Waals surface area contributed by atoms with Crippen molar-refractivity contribution >= 4 is 11.8 Å². The van der Waals surface area contributed by atoms with Crippen LogP contribution >= 0.6 is 0 Å². The molecule has 2 fully saturated rings. The van der Waals surface area contributed by atoms with E-state index in [-0.39, 0.29) is 17.2 Å². The first kappa shape index (κ1) is 15.8. The van der Waals surface area contributed by atoms with Gasteiger partial charge in [-0.05, 0) is 37.5 Å². The minimum absolute atomic E-state index is 0.0562. The quantitative estimate of drug-likeness (QED) is 0.840. The summed E-state index contributed by atoms with van der Waals surface area (Å²) in [6.07, 6.45) is 3.10. The average molecular weight is 316 g/mol. The molecule has 1 aromatic carbocycles. The lowest BCUT2D eigenvalue weighted by molar-refractivity contribution is -0.132. The summed E-state index contributed by atoms with van der Waals surface area (Å²) in [5.41, 5.74) is 0.749. The predicted molar refractivity (Wildman–Crippen MR) is 87.4 cm³/mol. The molecule has 0 N–H and O–H groups in total. The molecular formula is C18H24N2O3. The van der Waals surface area contributed by atoms with E-state index in [1.165, 1.54) is 0 Å². The van der Waals surface area contributed by atoms with Crippen LogP contribution in [0.5, 0.6) is 5.75 Å². The third-order valence-corrected chi connectivity index (χ3v) is 5.15. The van der Waals surface area contributed by atoms with E-state index in [2.05, 4.69) is 0 Å². The van der Waals surface area contributed by atoms with Gasteiger partial charge in [-0.1, -0.05) is 6.07 Å². The second-order valence-electron chi connectivity index (χ2n) is 6.75. The van der Waals surface area contributed by atoms with E-state index in [1.807, 2.05) is 28.0 Å². The highest BCUT2D eigenvalue weighted by Gasteiger charge is 2.43. The number of methoxy groups -OCH3 is 1. The smallest absolute Gasteiger partial charge is 0.254 e. The number of carbonyl (C=O) groups is 2. The lowest BCUT2D eigenvalue weighted by Gasteiger charge is -2.40. The van der Waals surface area contributed by atoms with E-state index < -0.39 is 0 Å². The fraction of sp³-hybridized carbons (Fsp3) is 0.556. The van der Waals surface area contributed by atoms with Crippen molar-refractivity contribution in [2.75, 3.05) is 33.3 Å². The van der Waals surface area contributed by atoms with Gasteiger partial charge in [-0.3, -0.25) is 9.59 Å². The Morgan fingerprint density at radius 3 is 2.65 bits per heavy atom. The van der Waals surface area contributed by atoms with Gasteiger partial charge in [0.15, 0.2) is 0 Å². The van der Waals surface area contributed by atoms with Gasteiger partial charge >= 0.3 is 0 Å². The highest BCUT2D eigenvalue weighted by atomic mass is 16.5. The third-order valence-electron chi connectivity index (χ3n) is 5.15. The molecule has 5 heteroatoms. The first-order chi connectivity index (χ1) is 11.0. The van der Waals surface area contributed by atoms with Gasteiger partial charge in [-0.25, -0.2) is 0 Å². The standard InChI is InChI=1S/C18H24N2O3/c1-14(21)19-9-4-7-18(12-19)8-10-20(13-18)17(22)15-5-3-6-16(11-15)23-2/h3,5-6,11H,4,7-10,12-13H2,1-2H3. The molecule has 23 heavy (non-hydrogen) atoms. The van der Waals surface area contributed by atoms with Gasteiger partial charge in [0.2, 0.25) is 5.91 Å². The van der Waals surface area contributed by atoms with E-state index >= 15 is 0 Å². The Bertz CT molecular complexity index is 616. The summed E-state index contributed by atoms with van der Waals surface area (Å²) < 4.78 is 5.20. The molecule has 0 radical (unpaired) electrons. The fourth-order valence-corrected chi connectivity index (χ4v) is 3.86. The van der Waals surface area contributed by atoms with Crippen LogP contribution in [-0.2, 0) is 4.79 Å². The topological polar surface area (TPSA) is 49.9 Å².